The molecule has 0 rings (SSSR count). The van der Waals surface area contributed by atoms with Crippen molar-refractivity contribution < 1.29 is 14.9 Å². The predicted octanol–water partition coefficient (Wildman–Crippen LogP) is -0.235. The van der Waals surface area contributed by atoms with E-state index in [2.05, 4.69) is 0 Å². The van der Waals surface area contributed by atoms with Gasteiger partial charge in [0.05, 0.1) is 12.7 Å². The number of hydrogen-bond donors (Lipinski definition) is 2. The first kappa shape index (κ1) is 8.88. The lowest BCUT2D eigenvalue weighted by molar-refractivity contribution is -0.0276. The molecule has 3 nitrogen and oxygen atoms in total. The quantitative estimate of drug-likeness (QED) is 0.558. The molecule has 0 fully saturated rings. The Bertz CT molecular complexity index is 63.3. The Labute approximate surface area is 55.3 Å². The number of hydrogen-bond acceptors (Lipinski definition) is 3. The van der Waals surface area contributed by atoms with Gasteiger partial charge in [0.25, 0.3) is 0 Å². The third-order valence-electron chi connectivity index (χ3n) is 1.05. The Hall–Kier alpha value is -0.120. The zero-order valence-electron chi connectivity index (χ0n) is 5.87. The van der Waals surface area contributed by atoms with Crippen molar-refractivity contribution in [3.05, 3.63) is 0 Å². The molecule has 3 heteroatoms. The van der Waals surface area contributed by atoms with Crippen molar-refractivity contribution in [1.82, 2.24) is 0 Å². The molecular weight excluding hydrogens is 120 g/mol. The molecule has 9 heavy (non-hydrogen) atoms. The molecule has 0 aliphatic carbocycles. The van der Waals surface area contributed by atoms with Gasteiger partial charge in [-0.2, -0.15) is 0 Å². The van der Waals surface area contributed by atoms with E-state index in [0.717, 1.165) is 0 Å². The predicted molar refractivity (Wildman–Crippen MR) is 34.2 cm³/mol. The standard InChI is InChI=1S/C6H14O3/c1-3-9-4-6(8)5(2)7/h5-8H,3-4H2,1-2H3. The van der Waals surface area contributed by atoms with Crippen molar-refractivity contribution in [3.63, 3.8) is 0 Å². The molecule has 0 radical (unpaired) electrons. The first-order valence-corrected chi connectivity index (χ1v) is 3.12. The molecule has 0 saturated carbocycles. The number of rotatable bonds is 4. The fourth-order valence-corrected chi connectivity index (χ4v) is 0.378. The molecule has 0 aliphatic heterocycles. The van der Waals surface area contributed by atoms with Crippen LogP contribution in [0, 0.1) is 0 Å². The summed E-state index contributed by atoms with van der Waals surface area (Å²) in [4.78, 5) is 0. The van der Waals surface area contributed by atoms with Crippen LogP contribution in [-0.2, 0) is 4.74 Å². The molecule has 0 amide bonds. The average Bonchev–Trinajstić information content (AvgIpc) is 1.82. The summed E-state index contributed by atoms with van der Waals surface area (Å²) in [5.74, 6) is 0. The van der Waals surface area contributed by atoms with Gasteiger partial charge < -0.3 is 14.9 Å². The molecule has 2 atom stereocenters. The van der Waals surface area contributed by atoms with Crippen LogP contribution >= 0.6 is 0 Å². The lowest BCUT2D eigenvalue weighted by Gasteiger charge is -2.12. The zero-order chi connectivity index (χ0) is 7.28. The Morgan fingerprint density at radius 1 is 1.44 bits per heavy atom. The monoisotopic (exact) mass is 134 g/mol. The van der Waals surface area contributed by atoms with Gasteiger partial charge in [0.1, 0.15) is 6.10 Å². The van der Waals surface area contributed by atoms with E-state index >= 15 is 0 Å². The van der Waals surface area contributed by atoms with Gasteiger partial charge >= 0.3 is 0 Å². The summed E-state index contributed by atoms with van der Waals surface area (Å²) in [5, 5.41) is 17.6. The first-order chi connectivity index (χ1) is 4.18. The van der Waals surface area contributed by atoms with Gasteiger partial charge in [0.2, 0.25) is 0 Å². The van der Waals surface area contributed by atoms with Gasteiger partial charge in [-0.05, 0) is 13.8 Å². The second-order valence-electron chi connectivity index (χ2n) is 1.97. The molecule has 2 unspecified atom stereocenters. The van der Waals surface area contributed by atoms with Crippen molar-refractivity contribution in [2.45, 2.75) is 26.1 Å². The van der Waals surface area contributed by atoms with Gasteiger partial charge in [-0.25, -0.2) is 0 Å². The second-order valence-corrected chi connectivity index (χ2v) is 1.97. The SMILES string of the molecule is CCOCC(O)C(C)O. The molecule has 0 saturated heterocycles. The van der Waals surface area contributed by atoms with Crippen molar-refractivity contribution in [3.8, 4) is 0 Å². The van der Waals surface area contributed by atoms with Crippen molar-refractivity contribution in [2.24, 2.45) is 0 Å². The van der Waals surface area contributed by atoms with Gasteiger partial charge in [0.15, 0.2) is 0 Å². The van der Waals surface area contributed by atoms with Crippen molar-refractivity contribution in [2.75, 3.05) is 13.2 Å². The molecule has 2 N–H and O–H groups in total. The highest BCUT2D eigenvalue weighted by atomic mass is 16.5. The van der Waals surface area contributed by atoms with E-state index in [1.165, 1.54) is 6.92 Å². The van der Waals surface area contributed by atoms with Crippen LogP contribution in [0.5, 0.6) is 0 Å². The highest BCUT2D eigenvalue weighted by Gasteiger charge is 2.09. The highest BCUT2D eigenvalue weighted by Crippen LogP contribution is 1.91. The molecule has 0 spiro atoms. The van der Waals surface area contributed by atoms with Gasteiger partial charge in [-0.1, -0.05) is 0 Å². The van der Waals surface area contributed by atoms with Gasteiger partial charge in [0, 0.05) is 6.61 Å². The highest BCUT2D eigenvalue weighted by molar-refractivity contribution is 4.59. The first-order valence-electron chi connectivity index (χ1n) is 3.12. The second kappa shape index (κ2) is 4.73. The third kappa shape index (κ3) is 4.39. The maximum Gasteiger partial charge on any atom is 0.103 e. The van der Waals surface area contributed by atoms with Crippen LogP contribution in [0.2, 0.25) is 0 Å². The summed E-state index contributed by atoms with van der Waals surface area (Å²) in [7, 11) is 0. The van der Waals surface area contributed by atoms with E-state index in [1.807, 2.05) is 6.92 Å². The van der Waals surface area contributed by atoms with Crippen LogP contribution in [-0.4, -0.2) is 35.6 Å². The summed E-state index contributed by atoms with van der Waals surface area (Å²) < 4.78 is 4.85. The smallest absolute Gasteiger partial charge is 0.103 e. The maximum absolute atomic E-state index is 8.88. The molecule has 0 aromatic carbocycles. The minimum absolute atomic E-state index is 0.216. The van der Waals surface area contributed by atoms with Crippen LogP contribution in [0.25, 0.3) is 0 Å². The summed E-state index contributed by atoms with van der Waals surface area (Å²) in [6.07, 6.45) is -1.44. The van der Waals surface area contributed by atoms with E-state index in [4.69, 9.17) is 14.9 Å². The summed E-state index contributed by atoms with van der Waals surface area (Å²) >= 11 is 0. The number of aliphatic hydroxyl groups is 2. The zero-order valence-corrected chi connectivity index (χ0v) is 5.87. The van der Waals surface area contributed by atoms with Crippen LogP contribution in [0.4, 0.5) is 0 Å². The van der Waals surface area contributed by atoms with Crippen LogP contribution in [0.3, 0.4) is 0 Å². The van der Waals surface area contributed by atoms with E-state index < -0.39 is 12.2 Å². The summed E-state index contributed by atoms with van der Waals surface area (Å²) in [6.45, 7) is 4.16. The molecule has 0 bridgehead atoms. The van der Waals surface area contributed by atoms with E-state index in [1.54, 1.807) is 0 Å². The topological polar surface area (TPSA) is 49.7 Å². The van der Waals surface area contributed by atoms with E-state index in [9.17, 15) is 0 Å². The van der Waals surface area contributed by atoms with Crippen LogP contribution in [0.15, 0.2) is 0 Å². The summed E-state index contributed by atoms with van der Waals surface area (Å²) in [6, 6.07) is 0. The van der Waals surface area contributed by atoms with E-state index in [-0.39, 0.29) is 6.61 Å². The minimum atomic E-state index is -0.745. The molecule has 56 valence electrons. The lowest BCUT2D eigenvalue weighted by atomic mass is 10.2. The van der Waals surface area contributed by atoms with Crippen molar-refractivity contribution >= 4 is 0 Å². The third-order valence-corrected chi connectivity index (χ3v) is 1.05. The van der Waals surface area contributed by atoms with Crippen LogP contribution in [0.1, 0.15) is 13.8 Å². The largest absolute Gasteiger partial charge is 0.391 e. The molecule has 0 aromatic rings. The average molecular weight is 134 g/mol. The summed E-state index contributed by atoms with van der Waals surface area (Å²) in [5.41, 5.74) is 0. The number of ether oxygens (including phenoxy) is 1. The molecule has 0 aromatic heterocycles. The fourth-order valence-electron chi connectivity index (χ4n) is 0.378. The molecule has 0 heterocycles. The van der Waals surface area contributed by atoms with Gasteiger partial charge in [-0.3, -0.25) is 0 Å². The van der Waals surface area contributed by atoms with Gasteiger partial charge in [-0.15, -0.1) is 0 Å². The Kier molecular flexibility index (Phi) is 4.67. The lowest BCUT2D eigenvalue weighted by Crippen LogP contribution is -2.27. The Morgan fingerprint density at radius 2 is 2.00 bits per heavy atom. The fraction of sp³-hybridized carbons (Fsp3) is 1.00. The molecule has 0 aliphatic rings. The normalized spacial score (nSPS) is 17.3. The van der Waals surface area contributed by atoms with Crippen molar-refractivity contribution in [1.29, 1.82) is 0 Å². The minimum Gasteiger partial charge on any atom is -0.391 e. The van der Waals surface area contributed by atoms with E-state index in [0.29, 0.717) is 6.61 Å². The maximum atomic E-state index is 8.88. The molecular formula is C6H14O3. The Balaban J connectivity index is 3.16. The van der Waals surface area contributed by atoms with Crippen LogP contribution < -0.4 is 0 Å². The Morgan fingerprint density at radius 3 is 2.33 bits per heavy atom. The number of aliphatic hydroxyl groups excluding tert-OH is 2.